The second-order valence-corrected chi connectivity index (χ2v) is 3.73. The van der Waals surface area contributed by atoms with Gasteiger partial charge in [0.25, 0.3) is 0 Å². The summed E-state index contributed by atoms with van der Waals surface area (Å²) in [6.07, 6.45) is 1.79. The molecule has 0 aliphatic heterocycles. The van der Waals surface area contributed by atoms with Crippen molar-refractivity contribution in [2.75, 3.05) is 0 Å². The van der Waals surface area contributed by atoms with Crippen LogP contribution in [-0.4, -0.2) is 16.9 Å². The average molecular weight is 171 g/mol. The van der Waals surface area contributed by atoms with Crippen LogP contribution in [0.1, 0.15) is 40.5 Å². The molecule has 0 heterocycles. The Morgan fingerprint density at radius 2 is 1.92 bits per heavy atom. The quantitative estimate of drug-likeness (QED) is 0.613. The molecule has 0 aliphatic carbocycles. The number of aliphatic hydroxyl groups is 1. The lowest BCUT2D eigenvalue weighted by atomic mass is 9.88. The van der Waals surface area contributed by atoms with E-state index in [0.29, 0.717) is 11.6 Å². The van der Waals surface area contributed by atoms with E-state index in [-0.39, 0.29) is 12.0 Å². The SMILES string of the molecule is CCCC(C)C(O)C(C)C(C)=N. The van der Waals surface area contributed by atoms with Crippen molar-refractivity contribution < 1.29 is 5.11 Å². The zero-order valence-electron chi connectivity index (χ0n) is 8.59. The highest BCUT2D eigenvalue weighted by Gasteiger charge is 2.21. The predicted molar refractivity (Wildman–Crippen MR) is 52.6 cm³/mol. The lowest BCUT2D eigenvalue weighted by Crippen LogP contribution is -2.29. The molecule has 0 aromatic rings. The van der Waals surface area contributed by atoms with Gasteiger partial charge in [0.15, 0.2) is 0 Å². The molecule has 0 aromatic carbocycles. The average Bonchev–Trinajstić information content (AvgIpc) is 2.02. The molecular formula is C10H21NO. The molecule has 0 spiro atoms. The van der Waals surface area contributed by atoms with E-state index >= 15 is 0 Å². The Balaban J connectivity index is 3.99. The van der Waals surface area contributed by atoms with E-state index < -0.39 is 0 Å². The van der Waals surface area contributed by atoms with Crippen LogP contribution in [-0.2, 0) is 0 Å². The zero-order valence-corrected chi connectivity index (χ0v) is 8.59. The fourth-order valence-electron chi connectivity index (χ4n) is 1.38. The molecule has 3 atom stereocenters. The second-order valence-electron chi connectivity index (χ2n) is 3.73. The summed E-state index contributed by atoms with van der Waals surface area (Å²) in [5, 5.41) is 17.1. The zero-order chi connectivity index (χ0) is 9.72. The van der Waals surface area contributed by atoms with Crippen molar-refractivity contribution in [2.45, 2.75) is 46.6 Å². The van der Waals surface area contributed by atoms with Gasteiger partial charge in [-0.15, -0.1) is 0 Å². The fraction of sp³-hybridized carbons (Fsp3) is 0.900. The first-order valence-corrected chi connectivity index (χ1v) is 4.73. The number of nitrogens with one attached hydrogen (secondary N) is 1. The number of hydrogen-bond donors (Lipinski definition) is 2. The van der Waals surface area contributed by atoms with Gasteiger partial charge in [0.2, 0.25) is 0 Å². The molecule has 12 heavy (non-hydrogen) atoms. The van der Waals surface area contributed by atoms with Crippen LogP contribution in [0.3, 0.4) is 0 Å². The van der Waals surface area contributed by atoms with E-state index in [4.69, 9.17) is 5.41 Å². The van der Waals surface area contributed by atoms with Crippen molar-refractivity contribution in [3.8, 4) is 0 Å². The summed E-state index contributed by atoms with van der Waals surface area (Å²) in [7, 11) is 0. The summed E-state index contributed by atoms with van der Waals surface area (Å²) >= 11 is 0. The van der Waals surface area contributed by atoms with Crippen molar-refractivity contribution in [1.29, 1.82) is 5.41 Å². The topological polar surface area (TPSA) is 44.1 Å². The second kappa shape index (κ2) is 5.31. The van der Waals surface area contributed by atoms with Gasteiger partial charge >= 0.3 is 0 Å². The lowest BCUT2D eigenvalue weighted by Gasteiger charge is -2.23. The Morgan fingerprint density at radius 3 is 2.25 bits per heavy atom. The van der Waals surface area contributed by atoms with Crippen LogP contribution >= 0.6 is 0 Å². The summed E-state index contributed by atoms with van der Waals surface area (Å²) in [6.45, 7) is 7.84. The Labute approximate surface area is 75.5 Å². The molecule has 0 fully saturated rings. The maximum atomic E-state index is 9.75. The minimum Gasteiger partial charge on any atom is -0.392 e. The van der Waals surface area contributed by atoms with Gasteiger partial charge in [-0.05, 0) is 19.3 Å². The first-order chi connectivity index (χ1) is 5.50. The van der Waals surface area contributed by atoms with Crippen LogP contribution in [0.2, 0.25) is 0 Å². The molecule has 0 saturated carbocycles. The standard InChI is InChI=1S/C10H21NO/c1-5-6-7(2)10(12)8(3)9(4)11/h7-8,10-12H,5-6H2,1-4H3. The van der Waals surface area contributed by atoms with Crippen molar-refractivity contribution >= 4 is 5.71 Å². The Kier molecular flexibility index (Phi) is 5.14. The van der Waals surface area contributed by atoms with Gasteiger partial charge in [-0.2, -0.15) is 0 Å². The summed E-state index contributed by atoms with van der Waals surface area (Å²) < 4.78 is 0. The number of rotatable bonds is 5. The van der Waals surface area contributed by atoms with E-state index in [1.54, 1.807) is 6.92 Å². The Morgan fingerprint density at radius 1 is 1.42 bits per heavy atom. The summed E-state index contributed by atoms with van der Waals surface area (Å²) in [5.74, 6) is 0.317. The van der Waals surface area contributed by atoms with E-state index in [9.17, 15) is 5.11 Å². The van der Waals surface area contributed by atoms with E-state index in [0.717, 1.165) is 12.8 Å². The van der Waals surface area contributed by atoms with E-state index in [1.807, 2.05) is 13.8 Å². The monoisotopic (exact) mass is 171 g/mol. The summed E-state index contributed by atoms with van der Waals surface area (Å²) in [4.78, 5) is 0. The molecule has 3 unspecified atom stereocenters. The van der Waals surface area contributed by atoms with E-state index in [2.05, 4.69) is 6.92 Å². The molecule has 0 aromatic heterocycles. The molecule has 0 saturated heterocycles. The summed E-state index contributed by atoms with van der Waals surface area (Å²) in [5.41, 5.74) is 0.574. The van der Waals surface area contributed by atoms with Crippen LogP contribution < -0.4 is 0 Å². The third-order valence-electron chi connectivity index (χ3n) is 2.52. The molecule has 0 amide bonds. The van der Waals surface area contributed by atoms with Crippen molar-refractivity contribution in [3.05, 3.63) is 0 Å². The van der Waals surface area contributed by atoms with Gasteiger partial charge in [-0.3, -0.25) is 0 Å². The smallest absolute Gasteiger partial charge is 0.0643 e. The molecule has 0 rings (SSSR count). The van der Waals surface area contributed by atoms with Crippen molar-refractivity contribution in [1.82, 2.24) is 0 Å². The fourth-order valence-corrected chi connectivity index (χ4v) is 1.38. The van der Waals surface area contributed by atoms with Gasteiger partial charge in [-0.1, -0.05) is 27.2 Å². The van der Waals surface area contributed by atoms with E-state index in [1.165, 1.54) is 0 Å². The molecule has 0 bridgehead atoms. The van der Waals surface area contributed by atoms with Crippen LogP contribution in [0, 0.1) is 17.2 Å². The first kappa shape index (κ1) is 11.6. The third-order valence-corrected chi connectivity index (χ3v) is 2.52. The largest absolute Gasteiger partial charge is 0.392 e. The van der Waals surface area contributed by atoms with Gasteiger partial charge < -0.3 is 10.5 Å². The van der Waals surface area contributed by atoms with Crippen molar-refractivity contribution in [3.63, 3.8) is 0 Å². The van der Waals surface area contributed by atoms with Gasteiger partial charge in [-0.25, -0.2) is 0 Å². The first-order valence-electron chi connectivity index (χ1n) is 4.73. The molecule has 0 aliphatic rings. The van der Waals surface area contributed by atoms with Gasteiger partial charge in [0.1, 0.15) is 0 Å². The highest BCUT2D eigenvalue weighted by Crippen LogP contribution is 2.18. The Hall–Kier alpha value is -0.370. The molecule has 0 radical (unpaired) electrons. The predicted octanol–water partition coefficient (Wildman–Crippen LogP) is 2.46. The normalized spacial score (nSPS) is 18.4. The van der Waals surface area contributed by atoms with Crippen molar-refractivity contribution in [2.24, 2.45) is 11.8 Å². The molecule has 72 valence electrons. The summed E-state index contributed by atoms with van der Waals surface area (Å²) in [6, 6.07) is 0. The van der Waals surface area contributed by atoms with Gasteiger partial charge in [0.05, 0.1) is 6.10 Å². The number of aliphatic hydroxyl groups excluding tert-OH is 1. The molecule has 2 heteroatoms. The van der Waals surface area contributed by atoms with Gasteiger partial charge in [0, 0.05) is 11.6 Å². The third kappa shape index (κ3) is 3.35. The van der Waals surface area contributed by atoms with Crippen LogP contribution in [0.15, 0.2) is 0 Å². The van der Waals surface area contributed by atoms with Crippen LogP contribution in [0.4, 0.5) is 0 Å². The maximum absolute atomic E-state index is 9.75. The molecule has 2 nitrogen and oxygen atoms in total. The Bertz CT molecular complexity index is 145. The lowest BCUT2D eigenvalue weighted by molar-refractivity contribution is 0.0848. The maximum Gasteiger partial charge on any atom is 0.0643 e. The number of hydrogen-bond acceptors (Lipinski definition) is 2. The highest BCUT2D eigenvalue weighted by atomic mass is 16.3. The minimum atomic E-state index is -0.345. The highest BCUT2D eigenvalue weighted by molar-refractivity contribution is 5.81. The minimum absolute atomic E-state index is 0.00606. The van der Waals surface area contributed by atoms with Crippen LogP contribution in [0.25, 0.3) is 0 Å². The molecular weight excluding hydrogens is 150 g/mol. The van der Waals surface area contributed by atoms with Crippen LogP contribution in [0.5, 0.6) is 0 Å². The molecule has 2 N–H and O–H groups in total.